The average molecular weight is 301 g/mol. The number of aryl methyl sites for hydroxylation is 2. The number of ketones is 1. The highest BCUT2D eigenvalue weighted by atomic mass is 32.2. The molecule has 0 saturated carbocycles. The number of halogens is 1. The van der Waals surface area contributed by atoms with Crippen molar-refractivity contribution in [1.82, 2.24) is 0 Å². The summed E-state index contributed by atoms with van der Waals surface area (Å²) in [5.74, 6) is -1.89. The number of amides is 1. The monoisotopic (exact) mass is 301 g/mol. The summed E-state index contributed by atoms with van der Waals surface area (Å²) in [4.78, 5) is 24.2. The Hall–Kier alpha value is -2.14. The van der Waals surface area contributed by atoms with E-state index in [0.717, 1.165) is 22.1 Å². The first kappa shape index (κ1) is 13.8. The van der Waals surface area contributed by atoms with E-state index in [9.17, 15) is 14.0 Å². The number of hydrogen-bond acceptors (Lipinski definition) is 3. The Bertz CT molecular complexity index is 786. The SMILES string of the molecule is Cc1ccc(C)c(Sc2cc3c(cc2F)C(=O)C(=O)N3)c1. The van der Waals surface area contributed by atoms with Gasteiger partial charge in [-0.1, -0.05) is 23.9 Å². The third-order valence-electron chi connectivity index (χ3n) is 3.33. The zero-order chi connectivity index (χ0) is 15.1. The number of fused-ring (bicyclic) bond motifs is 1. The number of nitrogens with one attached hydrogen (secondary N) is 1. The maximum atomic E-state index is 14.2. The van der Waals surface area contributed by atoms with E-state index in [-0.39, 0.29) is 5.56 Å². The van der Waals surface area contributed by atoms with Gasteiger partial charge in [-0.25, -0.2) is 4.39 Å². The Balaban J connectivity index is 2.01. The number of Topliss-reactive ketones (excluding diaryl/α,β-unsaturated/α-hetero) is 1. The standard InChI is InChI=1S/C16H12FNO2S/c1-8-3-4-9(2)13(5-8)21-14-7-12-10(6-11(14)17)15(19)16(20)18-12/h3-7H,1-2H3,(H,18,19,20). The Kier molecular flexibility index (Phi) is 3.29. The second-order valence-electron chi connectivity index (χ2n) is 4.98. The van der Waals surface area contributed by atoms with Gasteiger partial charge in [-0.3, -0.25) is 9.59 Å². The van der Waals surface area contributed by atoms with Crippen molar-refractivity contribution in [3.63, 3.8) is 0 Å². The lowest BCUT2D eigenvalue weighted by molar-refractivity contribution is -0.112. The van der Waals surface area contributed by atoms with Crippen LogP contribution in [0.3, 0.4) is 0 Å². The van der Waals surface area contributed by atoms with Crippen LogP contribution in [0.5, 0.6) is 0 Å². The molecule has 0 unspecified atom stereocenters. The van der Waals surface area contributed by atoms with Gasteiger partial charge in [0.05, 0.1) is 16.1 Å². The molecule has 1 N–H and O–H groups in total. The molecular formula is C16H12FNO2S. The highest BCUT2D eigenvalue weighted by molar-refractivity contribution is 7.99. The largest absolute Gasteiger partial charge is 0.318 e. The molecule has 5 heteroatoms. The summed E-state index contributed by atoms with van der Waals surface area (Å²) in [6.07, 6.45) is 0. The molecule has 1 amide bonds. The van der Waals surface area contributed by atoms with E-state index in [1.165, 1.54) is 17.8 Å². The van der Waals surface area contributed by atoms with Crippen molar-refractivity contribution in [2.24, 2.45) is 0 Å². The average Bonchev–Trinajstić information content (AvgIpc) is 2.70. The van der Waals surface area contributed by atoms with Gasteiger partial charge >= 0.3 is 0 Å². The summed E-state index contributed by atoms with van der Waals surface area (Å²) in [5.41, 5.74) is 2.61. The first-order valence-corrected chi connectivity index (χ1v) is 7.21. The second kappa shape index (κ2) is 5.00. The molecule has 1 heterocycles. The molecule has 0 aromatic heterocycles. The van der Waals surface area contributed by atoms with Gasteiger partial charge in [-0.05, 0) is 43.2 Å². The molecule has 0 aliphatic carbocycles. The summed E-state index contributed by atoms with van der Waals surface area (Å²) in [5, 5.41) is 2.46. The Labute approximate surface area is 125 Å². The summed E-state index contributed by atoms with van der Waals surface area (Å²) in [7, 11) is 0. The predicted octanol–water partition coefficient (Wildman–Crippen LogP) is 3.73. The third-order valence-corrected chi connectivity index (χ3v) is 4.53. The fourth-order valence-corrected chi connectivity index (χ4v) is 3.20. The normalized spacial score (nSPS) is 13.3. The second-order valence-corrected chi connectivity index (χ2v) is 6.07. The van der Waals surface area contributed by atoms with Crippen LogP contribution >= 0.6 is 11.8 Å². The summed E-state index contributed by atoms with van der Waals surface area (Å²) < 4.78 is 14.2. The minimum absolute atomic E-state index is 0.0998. The molecule has 106 valence electrons. The van der Waals surface area contributed by atoms with E-state index < -0.39 is 17.5 Å². The number of carbonyl (C=O) groups excluding carboxylic acids is 2. The zero-order valence-electron chi connectivity index (χ0n) is 11.5. The van der Waals surface area contributed by atoms with Gasteiger partial charge in [0, 0.05) is 4.90 Å². The van der Waals surface area contributed by atoms with E-state index in [0.29, 0.717) is 10.6 Å². The van der Waals surface area contributed by atoms with Crippen molar-refractivity contribution in [3.8, 4) is 0 Å². The van der Waals surface area contributed by atoms with Crippen LogP contribution in [0.1, 0.15) is 21.5 Å². The minimum Gasteiger partial charge on any atom is -0.318 e. The zero-order valence-corrected chi connectivity index (χ0v) is 12.3. The van der Waals surface area contributed by atoms with Crippen molar-refractivity contribution >= 4 is 29.1 Å². The molecule has 0 bridgehead atoms. The van der Waals surface area contributed by atoms with Crippen LogP contribution in [-0.2, 0) is 4.79 Å². The maximum absolute atomic E-state index is 14.2. The first-order chi connectivity index (χ1) is 9.95. The molecule has 1 aliphatic rings. The fraction of sp³-hybridized carbons (Fsp3) is 0.125. The maximum Gasteiger partial charge on any atom is 0.296 e. The quantitative estimate of drug-likeness (QED) is 0.860. The van der Waals surface area contributed by atoms with Crippen LogP contribution in [0, 0.1) is 19.7 Å². The van der Waals surface area contributed by atoms with E-state index in [2.05, 4.69) is 5.32 Å². The first-order valence-electron chi connectivity index (χ1n) is 6.40. The molecule has 0 fully saturated rings. The summed E-state index contributed by atoms with van der Waals surface area (Å²) >= 11 is 1.29. The molecule has 3 rings (SSSR count). The van der Waals surface area contributed by atoms with Gasteiger partial charge in [-0.15, -0.1) is 0 Å². The molecule has 0 radical (unpaired) electrons. The molecule has 0 atom stereocenters. The van der Waals surface area contributed by atoms with E-state index in [4.69, 9.17) is 0 Å². The van der Waals surface area contributed by atoms with Gasteiger partial charge in [0.1, 0.15) is 5.82 Å². The van der Waals surface area contributed by atoms with Crippen LogP contribution in [-0.4, -0.2) is 11.7 Å². The number of carbonyl (C=O) groups is 2. The lowest BCUT2D eigenvalue weighted by Crippen LogP contribution is -2.12. The number of rotatable bonds is 2. The Morgan fingerprint density at radius 2 is 1.81 bits per heavy atom. The number of hydrogen-bond donors (Lipinski definition) is 1. The van der Waals surface area contributed by atoms with Crippen molar-refractivity contribution in [2.45, 2.75) is 23.6 Å². The molecule has 3 nitrogen and oxygen atoms in total. The lowest BCUT2D eigenvalue weighted by Gasteiger charge is -2.09. The van der Waals surface area contributed by atoms with Crippen molar-refractivity contribution in [3.05, 3.63) is 52.8 Å². The van der Waals surface area contributed by atoms with E-state index >= 15 is 0 Å². The highest BCUT2D eigenvalue weighted by Gasteiger charge is 2.29. The van der Waals surface area contributed by atoms with Crippen molar-refractivity contribution in [1.29, 1.82) is 0 Å². The van der Waals surface area contributed by atoms with Gasteiger partial charge < -0.3 is 5.32 Å². The lowest BCUT2D eigenvalue weighted by atomic mass is 10.1. The summed E-state index contributed by atoms with van der Waals surface area (Å²) in [6.45, 7) is 3.93. The Morgan fingerprint density at radius 1 is 1.05 bits per heavy atom. The van der Waals surface area contributed by atoms with Gasteiger partial charge in [-0.2, -0.15) is 0 Å². The Morgan fingerprint density at radius 3 is 2.57 bits per heavy atom. The van der Waals surface area contributed by atoms with Crippen molar-refractivity contribution in [2.75, 3.05) is 5.32 Å². The van der Waals surface area contributed by atoms with Crippen molar-refractivity contribution < 1.29 is 14.0 Å². The third kappa shape index (κ3) is 2.45. The van der Waals surface area contributed by atoms with Gasteiger partial charge in [0.15, 0.2) is 0 Å². The number of anilines is 1. The highest BCUT2D eigenvalue weighted by Crippen LogP contribution is 2.37. The molecule has 1 aliphatic heterocycles. The summed E-state index contributed by atoms with van der Waals surface area (Å²) in [6, 6.07) is 8.60. The molecule has 2 aromatic carbocycles. The minimum atomic E-state index is -0.710. The van der Waals surface area contributed by atoms with Crippen LogP contribution in [0.2, 0.25) is 0 Å². The number of benzene rings is 2. The van der Waals surface area contributed by atoms with Crippen LogP contribution in [0.25, 0.3) is 0 Å². The predicted molar refractivity (Wildman–Crippen MR) is 79.4 cm³/mol. The molecule has 0 spiro atoms. The fourth-order valence-electron chi connectivity index (χ4n) is 2.16. The molecule has 2 aromatic rings. The molecular weight excluding hydrogens is 289 g/mol. The van der Waals surface area contributed by atoms with Crippen LogP contribution < -0.4 is 5.32 Å². The van der Waals surface area contributed by atoms with Gasteiger partial charge in [0.25, 0.3) is 11.7 Å². The van der Waals surface area contributed by atoms with E-state index in [1.54, 1.807) is 0 Å². The van der Waals surface area contributed by atoms with Crippen LogP contribution in [0.4, 0.5) is 10.1 Å². The molecule has 0 saturated heterocycles. The van der Waals surface area contributed by atoms with Gasteiger partial charge in [0.2, 0.25) is 0 Å². The smallest absolute Gasteiger partial charge is 0.296 e. The topological polar surface area (TPSA) is 46.2 Å². The van der Waals surface area contributed by atoms with Crippen LogP contribution in [0.15, 0.2) is 40.1 Å². The molecule has 21 heavy (non-hydrogen) atoms. The van der Waals surface area contributed by atoms with E-state index in [1.807, 2.05) is 32.0 Å².